The van der Waals surface area contributed by atoms with Crippen LogP contribution in [0.4, 0.5) is 4.39 Å². The number of aromatic nitrogens is 2. The molecule has 1 atom stereocenters. The zero-order valence-electron chi connectivity index (χ0n) is 14.3. The van der Waals surface area contributed by atoms with Crippen molar-refractivity contribution in [1.82, 2.24) is 20.0 Å². The van der Waals surface area contributed by atoms with Gasteiger partial charge < -0.3 is 10.2 Å². The number of hydrogen-bond acceptors (Lipinski definition) is 3. The standard InChI is InChI=1S/C18H23FN4O/c1-12-17(10-18(24)22(3)16-8-9-20-11-16)13(2)23(21-12)15-6-4-14(19)5-7-15/h4-7,16,20H,8-11H2,1-3H3. The second kappa shape index (κ2) is 6.73. The van der Waals surface area contributed by atoms with Gasteiger partial charge in [-0.1, -0.05) is 0 Å². The van der Waals surface area contributed by atoms with E-state index < -0.39 is 0 Å². The van der Waals surface area contributed by atoms with Gasteiger partial charge in [0.25, 0.3) is 0 Å². The third-order valence-corrected chi connectivity index (χ3v) is 4.82. The van der Waals surface area contributed by atoms with Crippen LogP contribution >= 0.6 is 0 Å². The molecule has 0 bridgehead atoms. The van der Waals surface area contributed by atoms with E-state index in [4.69, 9.17) is 0 Å². The molecule has 1 aromatic heterocycles. The minimum absolute atomic E-state index is 0.105. The molecule has 1 saturated heterocycles. The summed E-state index contributed by atoms with van der Waals surface area (Å²) < 4.78 is 14.9. The van der Waals surface area contributed by atoms with E-state index >= 15 is 0 Å². The lowest BCUT2D eigenvalue weighted by molar-refractivity contribution is -0.130. The Bertz CT molecular complexity index is 732. The maximum atomic E-state index is 13.1. The van der Waals surface area contributed by atoms with E-state index in [2.05, 4.69) is 10.4 Å². The molecule has 3 rings (SSSR count). The summed E-state index contributed by atoms with van der Waals surface area (Å²) in [6, 6.07) is 6.48. The maximum absolute atomic E-state index is 13.1. The summed E-state index contributed by atoms with van der Waals surface area (Å²) in [5, 5.41) is 7.82. The number of halogens is 1. The van der Waals surface area contributed by atoms with Crippen molar-refractivity contribution in [2.45, 2.75) is 32.7 Å². The van der Waals surface area contributed by atoms with Gasteiger partial charge in [0.2, 0.25) is 5.91 Å². The van der Waals surface area contributed by atoms with Gasteiger partial charge in [-0.05, 0) is 51.1 Å². The third kappa shape index (κ3) is 3.19. The first-order valence-electron chi connectivity index (χ1n) is 8.25. The maximum Gasteiger partial charge on any atom is 0.227 e. The van der Waals surface area contributed by atoms with Crippen LogP contribution in [0.5, 0.6) is 0 Å². The van der Waals surface area contributed by atoms with Crippen molar-refractivity contribution in [3.63, 3.8) is 0 Å². The molecule has 1 aliphatic rings. The van der Waals surface area contributed by atoms with Gasteiger partial charge in [-0.3, -0.25) is 4.79 Å². The minimum Gasteiger partial charge on any atom is -0.341 e. The normalized spacial score (nSPS) is 17.2. The molecule has 24 heavy (non-hydrogen) atoms. The Morgan fingerprint density at radius 2 is 2.08 bits per heavy atom. The highest BCUT2D eigenvalue weighted by Gasteiger charge is 2.25. The molecule has 128 valence electrons. The van der Waals surface area contributed by atoms with Crippen molar-refractivity contribution in [1.29, 1.82) is 0 Å². The van der Waals surface area contributed by atoms with Gasteiger partial charge in [0.05, 0.1) is 17.8 Å². The third-order valence-electron chi connectivity index (χ3n) is 4.82. The lowest BCUT2D eigenvalue weighted by Gasteiger charge is -2.23. The first-order chi connectivity index (χ1) is 11.5. The van der Waals surface area contributed by atoms with Gasteiger partial charge >= 0.3 is 0 Å². The van der Waals surface area contributed by atoms with Gasteiger partial charge in [0, 0.05) is 30.9 Å². The lowest BCUT2D eigenvalue weighted by Crippen LogP contribution is -2.39. The summed E-state index contributed by atoms with van der Waals surface area (Å²) in [5.74, 6) is -0.170. The average molecular weight is 330 g/mol. The number of carbonyl (C=O) groups is 1. The molecule has 1 amide bonds. The van der Waals surface area contributed by atoms with Crippen molar-refractivity contribution >= 4 is 5.91 Å². The number of carbonyl (C=O) groups excluding carboxylic acids is 1. The van der Waals surface area contributed by atoms with Crippen molar-refractivity contribution in [3.05, 3.63) is 47.0 Å². The van der Waals surface area contributed by atoms with E-state index in [0.29, 0.717) is 6.42 Å². The van der Waals surface area contributed by atoms with Gasteiger partial charge in [0.15, 0.2) is 0 Å². The average Bonchev–Trinajstić information content (AvgIpc) is 3.19. The molecule has 0 radical (unpaired) electrons. The molecule has 1 aliphatic heterocycles. The smallest absolute Gasteiger partial charge is 0.227 e. The Morgan fingerprint density at radius 1 is 1.38 bits per heavy atom. The molecular formula is C18H23FN4O. The molecule has 6 heteroatoms. The monoisotopic (exact) mass is 330 g/mol. The summed E-state index contributed by atoms with van der Waals surface area (Å²) in [6.07, 6.45) is 1.33. The highest BCUT2D eigenvalue weighted by molar-refractivity contribution is 5.79. The predicted molar refractivity (Wildman–Crippen MR) is 90.7 cm³/mol. The number of aryl methyl sites for hydroxylation is 1. The minimum atomic E-state index is -0.275. The molecule has 5 nitrogen and oxygen atoms in total. The van der Waals surface area contributed by atoms with Crippen LogP contribution in [0.3, 0.4) is 0 Å². The molecule has 1 N–H and O–H groups in total. The fourth-order valence-electron chi connectivity index (χ4n) is 3.21. The number of nitrogens with one attached hydrogen (secondary N) is 1. The summed E-state index contributed by atoms with van der Waals surface area (Å²) in [4.78, 5) is 14.4. The van der Waals surface area contributed by atoms with E-state index in [1.54, 1.807) is 16.8 Å². The van der Waals surface area contributed by atoms with Gasteiger partial charge in [-0.15, -0.1) is 0 Å². The summed E-state index contributed by atoms with van der Waals surface area (Å²) in [6.45, 7) is 5.67. The number of amides is 1. The number of benzene rings is 1. The van der Waals surface area contributed by atoms with E-state index in [1.165, 1.54) is 12.1 Å². The second-order valence-corrected chi connectivity index (χ2v) is 6.37. The van der Waals surface area contributed by atoms with Crippen LogP contribution in [0, 0.1) is 19.7 Å². The molecule has 0 aliphatic carbocycles. The molecule has 2 aromatic rings. The first-order valence-corrected chi connectivity index (χ1v) is 8.25. The van der Waals surface area contributed by atoms with Crippen LogP contribution in [-0.4, -0.2) is 46.8 Å². The molecule has 1 aromatic carbocycles. The van der Waals surface area contributed by atoms with Crippen LogP contribution in [0.1, 0.15) is 23.4 Å². The van der Waals surface area contributed by atoms with Crippen molar-refractivity contribution in [2.24, 2.45) is 0 Å². The zero-order chi connectivity index (χ0) is 17.3. The highest BCUT2D eigenvalue weighted by Crippen LogP contribution is 2.20. The fraction of sp³-hybridized carbons (Fsp3) is 0.444. The Balaban J connectivity index is 1.81. The largest absolute Gasteiger partial charge is 0.341 e. The highest BCUT2D eigenvalue weighted by atomic mass is 19.1. The number of hydrogen-bond donors (Lipinski definition) is 1. The van der Waals surface area contributed by atoms with Crippen LogP contribution in [0.25, 0.3) is 5.69 Å². The Hall–Kier alpha value is -2.21. The quantitative estimate of drug-likeness (QED) is 0.933. The number of rotatable bonds is 4. The number of nitrogens with zero attached hydrogens (tertiary/aromatic N) is 3. The zero-order valence-corrected chi connectivity index (χ0v) is 14.3. The predicted octanol–water partition coefficient (Wildman–Crippen LogP) is 1.99. The van der Waals surface area contributed by atoms with Crippen molar-refractivity contribution < 1.29 is 9.18 Å². The van der Waals surface area contributed by atoms with Gasteiger partial charge in [-0.2, -0.15) is 5.10 Å². The molecule has 1 fully saturated rings. The molecule has 2 heterocycles. The van der Waals surface area contributed by atoms with Crippen LogP contribution in [-0.2, 0) is 11.2 Å². The van der Waals surface area contributed by atoms with Gasteiger partial charge in [-0.25, -0.2) is 9.07 Å². The molecule has 1 unspecified atom stereocenters. The SMILES string of the molecule is Cc1nn(-c2ccc(F)cc2)c(C)c1CC(=O)N(C)C1CCNC1. The molecule has 0 spiro atoms. The topological polar surface area (TPSA) is 50.2 Å². The second-order valence-electron chi connectivity index (χ2n) is 6.37. The first kappa shape index (κ1) is 16.6. The van der Waals surface area contributed by atoms with E-state index in [1.807, 2.05) is 25.8 Å². The van der Waals surface area contributed by atoms with Crippen LogP contribution < -0.4 is 5.32 Å². The van der Waals surface area contributed by atoms with Gasteiger partial charge in [0.1, 0.15) is 5.82 Å². The van der Waals surface area contributed by atoms with Crippen LogP contribution in [0.15, 0.2) is 24.3 Å². The Kier molecular flexibility index (Phi) is 4.66. The molecular weight excluding hydrogens is 307 g/mol. The Labute approximate surface area is 141 Å². The van der Waals surface area contributed by atoms with Crippen molar-refractivity contribution in [3.8, 4) is 5.69 Å². The van der Waals surface area contributed by atoms with Crippen LogP contribution in [0.2, 0.25) is 0 Å². The summed E-state index contributed by atoms with van der Waals surface area (Å²) in [7, 11) is 1.87. The lowest BCUT2D eigenvalue weighted by atomic mass is 10.1. The Morgan fingerprint density at radius 3 is 2.71 bits per heavy atom. The fourth-order valence-corrected chi connectivity index (χ4v) is 3.21. The summed E-state index contributed by atoms with van der Waals surface area (Å²) in [5.41, 5.74) is 3.50. The van der Waals surface area contributed by atoms with Crippen molar-refractivity contribution in [2.75, 3.05) is 20.1 Å². The summed E-state index contributed by atoms with van der Waals surface area (Å²) >= 11 is 0. The number of likely N-dealkylation sites (N-methyl/N-ethyl adjacent to an activating group) is 1. The van der Waals surface area contributed by atoms with E-state index in [0.717, 1.165) is 42.1 Å². The van der Waals surface area contributed by atoms with E-state index in [-0.39, 0.29) is 17.8 Å². The van der Waals surface area contributed by atoms with E-state index in [9.17, 15) is 9.18 Å². The molecule has 0 saturated carbocycles.